The van der Waals surface area contributed by atoms with Gasteiger partial charge in [0, 0.05) is 17.4 Å². The molecule has 0 fully saturated rings. The fourth-order valence-corrected chi connectivity index (χ4v) is 2.84. The molecule has 1 rings (SSSR count). The SMILES string of the molecule is [B]Cc1cc(CBr)cc(NC(=O)[C@H](C)NC(=O)NC(O)CCCCC(=O)OC)c1. The average molecular weight is 468 g/mol. The molecule has 0 aliphatic heterocycles. The number of hydrogen-bond donors (Lipinski definition) is 4. The van der Waals surface area contributed by atoms with Crippen LogP contribution in [0.2, 0.25) is 0 Å². The van der Waals surface area contributed by atoms with Crippen molar-refractivity contribution in [1.82, 2.24) is 10.6 Å². The Bertz CT molecular complexity index is 682. The number of benzene rings is 1. The zero-order valence-corrected chi connectivity index (χ0v) is 18.3. The molecule has 29 heavy (non-hydrogen) atoms. The number of urea groups is 1. The van der Waals surface area contributed by atoms with Crippen LogP contribution in [0.25, 0.3) is 0 Å². The van der Waals surface area contributed by atoms with Crippen LogP contribution < -0.4 is 16.0 Å². The highest BCUT2D eigenvalue weighted by Crippen LogP contribution is 2.17. The quantitative estimate of drug-likeness (QED) is 0.130. The number of carbonyl (C=O) groups is 3. The first-order valence-electron chi connectivity index (χ1n) is 9.30. The number of amides is 3. The molecule has 158 valence electrons. The minimum absolute atomic E-state index is 0.259. The fourth-order valence-electron chi connectivity index (χ4n) is 2.52. The number of unbranched alkanes of at least 4 members (excludes halogenated alkanes) is 1. The molecule has 2 radical (unpaired) electrons. The summed E-state index contributed by atoms with van der Waals surface area (Å²) in [5, 5.41) is 18.0. The normalized spacial score (nSPS) is 12.6. The van der Waals surface area contributed by atoms with Gasteiger partial charge in [0.2, 0.25) is 5.91 Å². The molecule has 3 amide bonds. The van der Waals surface area contributed by atoms with Gasteiger partial charge in [0.05, 0.1) is 15.0 Å². The Kier molecular flexibility index (Phi) is 11.4. The Balaban J connectivity index is 2.44. The molecule has 0 heterocycles. The van der Waals surface area contributed by atoms with Crippen molar-refractivity contribution in [3.8, 4) is 0 Å². The van der Waals surface area contributed by atoms with E-state index in [2.05, 4.69) is 36.6 Å². The van der Waals surface area contributed by atoms with Crippen molar-refractivity contribution in [2.75, 3.05) is 12.4 Å². The molecular formula is C19H27BBrN3O5. The van der Waals surface area contributed by atoms with Gasteiger partial charge in [0.15, 0.2) is 0 Å². The monoisotopic (exact) mass is 467 g/mol. The van der Waals surface area contributed by atoms with Crippen LogP contribution in [0.15, 0.2) is 18.2 Å². The third kappa shape index (κ3) is 9.80. The number of halogens is 1. The summed E-state index contributed by atoms with van der Waals surface area (Å²) < 4.78 is 4.53. The van der Waals surface area contributed by atoms with Crippen LogP contribution in [0.4, 0.5) is 10.5 Å². The van der Waals surface area contributed by atoms with Gasteiger partial charge in [-0.2, -0.15) is 0 Å². The van der Waals surface area contributed by atoms with E-state index in [9.17, 15) is 19.5 Å². The average Bonchev–Trinajstić information content (AvgIpc) is 2.70. The number of aliphatic hydroxyl groups excluding tert-OH is 1. The predicted octanol–water partition coefficient (Wildman–Crippen LogP) is 1.93. The van der Waals surface area contributed by atoms with Crippen molar-refractivity contribution in [3.63, 3.8) is 0 Å². The molecule has 2 atom stereocenters. The van der Waals surface area contributed by atoms with E-state index >= 15 is 0 Å². The number of aliphatic hydroxyl groups is 1. The number of carbonyl (C=O) groups excluding carboxylic acids is 3. The molecule has 4 N–H and O–H groups in total. The number of rotatable bonds is 11. The van der Waals surface area contributed by atoms with Crippen LogP contribution in [-0.4, -0.2) is 50.2 Å². The number of esters is 1. The number of anilines is 1. The summed E-state index contributed by atoms with van der Waals surface area (Å²) in [7, 11) is 6.99. The first-order chi connectivity index (χ1) is 13.8. The highest BCUT2D eigenvalue weighted by Gasteiger charge is 2.17. The second kappa shape index (κ2) is 13.2. The predicted molar refractivity (Wildman–Crippen MR) is 115 cm³/mol. The molecule has 1 unspecified atom stereocenters. The van der Waals surface area contributed by atoms with Gasteiger partial charge in [-0.25, -0.2) is 4.79 Å². The summed E-state index contributed by atoms with van der Waals surface area (Å²) in [6.07, 6.45) is 0.897. The third-order valence-corrected chi connectivity index (χ3v) is 4.73. The zero-order chi connectivity index (χ0) is 21.8. The van der Waals surface area contributed by atoms with Crippen LogP contribution >= 0.6 is 15.9 Å². The van der Waals surface area contributed by atoms with Gasteiger partial charge >= 0.3 is 12.0 Å². The maximum atomic E-state index is 12.3. The first-order valence-corrected chi connectivity index (χ1v) is 10.4. The number of nitrogens with one attached hydrogen (secondary N) is 3. The van der Waals surface area contributed by atoms with Crippen LogP contribution in [0.3, 0.4) is 0 Å². The lowest BCUT2D eigenvalue weighted by atomic mass is 9.95. The van der Waals surface area contributed by atoms with E-state index in [0.29, 0.717) is 30.2 Å². The summed E-state index contributed by atoms with van der Waals surface area (Å²) in [6, 6.07) is 4.04. The van der Waals surface area contributed by atoms with E-state index in [4.69, 9.17) is 7.85 Å². The smallest absolute Gasteiger partial charge is 0.317 e. The number of ether oxygens (including phenoxy) is 1. The summed E-state index contributed by atoms with van der Waals surface area (Å²) in [6.45, 7) is 1.54. The highest BCUT2D eigenvalue weighted by atomic mass is 79.9. The van der Waals surface area contributed by atoms with E-state index in [-0.39, 0.29) is 18.8 Å². The Labute approximate surface area is 180 Å². The molecule has 0 bridgehead atoms. The van der Waals surface area contributed by atoms with Crippen LogP contribution in [0.1, 0.15) is 43.7 Å². The van der Waals surface area contributed by atoms with E-state index < -0.39 is 24.2 Å². The highest BCUT2D eigenvalue weighted by molar-refractivity contribution is 9.08. The molecule has 0 aliphatic carbocycles. The van der Waals surface area contributed by atoms with Gasteiger partial charge in [0.1, 0.15) is 12.3 Å². The van der Waals surface area contributed by atoms with E-state index in [0.717, 1.165) is 11.1 Å². The van der Waals surface area contributed by atoms with Crippen LogP contribution in [0, 0.1) is 0 Å². The number of methoxy groups -OCH3 is 1. The fraction of sp³-hybridized carbons (Fsp3) is 0.526. The summed E-state index contributed by atoms with van der Waals surface area (Å²) in [5.41, 5.74) is 2.44. The lowest BCUT2D eigenvalue weighted by Gasteiger charge is -2.18. The van der Waals surface area contributed by atoms with E-state index in [1.165, 1.54) is 14.0 Å². The second-order valence-corrected chi connectivity index (χ2v) is 7.10. The first kappa shape index (κ1) is 25.0. The molecule has 8 nitrogen and oxygen atoms in total. The van der Waals surface area contributed by atoms with Crippen molar-refractivity contribution in [2.24, 2.45) is 0 Å². The summed E-state index contributed by atoms with van der Waals surface area (Å²) in [4.78, 5) is 35.3. The molecule has 0 spiro atoms. The Morgan fingerprint density at radius 3 is 2.48 bits per heavy atom. The van der Waals surface area contributed by atoms with Crippen molar-refractivity contribution in [3.05, 3.63) is 29.3 Å². The Morgan fingerprint density at radius 1 is 1.17 bits per heavy atom. The Morgan fingerprint density at radius 2 is 1.86 bits per heavy atom. The maximum absolute atomic E-state index is 12.3. The zero-order valence-electron chi connectivity index (χ0n) is 16.7. The minimum Gasteiger partial charge on any atom is -0.469 e. The molecule has 1 aromatic rings. The lowest BCUT2D eigenvalue weighted by molar-refractivity contribution is -0.140. The molecule has 0 saturated heterocycles. The van der Waals surface area contributed by atoms with Gasteiger partial charge in [0.25, 0.3) is 0 Å². The summed E-state index contributed by atoms with van der Waals surface area (Å²) >= 11 is 3.37. The largest absolute Gasteiger partial charge is 0.469 e. The number of alkyl halides is 1. The lowest BCUT2D eigenvalue weighted by Crippen LogP contribution is -2.49. The van der Waals surface area contributed by atoms with Gasteiger partial charge < -0.3 is 25.8 Å². The maximum Gasteiger partial charge on any atom is 0.317 e. The van der Waals surface area contributed by atoms with Crippen LogP contribution in [-0.2, 0) is 26.0 Å². The minimum atomic E-state index is -1.08. The number of hydrogen-bond acceptors (Lipinski definition) is 5. The van der Waals surface area contributed by atoms with Gasteiger partial charge in [-0.15, -0.1) is 0 Å². The Hall–Kier alpha value is -2.07. The summed E-state index contributed by atoms with van der Waals surface area (Å²) in [5.74, 6) is -0.715. The third-order valence-electron chi connectivity index (χ3n) is 4.08. The topological polar surface area (TPSA) is 117 Å². The molecule has 0 aromatic heterocycles. The van der Waals surface area contributed by atoms with E-state index in [1.54, 1.807) is 6.07 Å². The van der Waals surface area contributed by atoms with Gasteiger partial charge in [-0.05, 0) is 43.9 Å². The van der Waals surface area contributed by atoms with Crippen molar-refractivity contribution in [2.45, 2.75) is 56.5 Å². The van der Waals surface area contributed by atoms with Gasteiger partial charge in [-0.1, -0.05) is 33.9 Å². The standard InChI is InChI=1S/C19H27BBrN3O5/c1-12(18(27)23-15-8-13(10-20)7-14(9-15)11-21)22-19(28)24-16(25)5-3-4-6-17(26)29-2/h7-9,12,16,25H,3-6,10-11H2,1-2H3,(H,23,27)(H2,22,24,28)/t12-,16?/m0/s1. The molecule has 0 aliphatic rings. The van der Waals surface area contributed by atoms with Crippen molar-refractivity contribution < 1.29 is 24.2 Å². The van der Waals surface area contributed by atoms with Gasteiger partial charge in [-0.3, -0.25) is 9.59 Å². The van der Waals surface area contributed by atoms with Crippen molar-refractivity contribution in [1.29, 1.82) is 0 Å². The second-order valence-electron chi connectivity index (χ2n) is 6.54. The molecule has 1 aromatic carbocycles. The molecular weight excluding hydrogens is 441 g/mol. The van der Waals surface area contributed by atoms with E-state index in [1.807, 2.05) is 12.1 Å². The molecule has 10 heteroatoms. The molecule has 0 saturated carbocycles. The van der Waals surface area contributed by atoms with Crippen molar-refractivity contribution >= 4 is 47.4 Å². The van der Waals surface area contributed by atoms with Crippen LogP contribution in [0.5, 0.6) is 0 Å².